The fraction of sp³-hybridized carbons (Fsp3) is 0.0222. The molecular weight excluding hydrogens is 1220 g/mol. The molecule has 460 valence electrons. The molecule has 0 bridgehead atoms. The molecule has 14 aromatic rings. The first-order valence-corrected chi connectivity index (χ1v) is 35.6. The van der Waals surface area contributed by atoms with Gasteiger partial charge in [0.05, 0.1) is 11.4 Å². The molecule has 2 atom stereocenters. The molecule has 0 saturated carbocycles. The second-order valence-corrected chi connectivity index (χ2v) is 28.1. The summed E-state index contributed by atoms with van der Waals surface area (Å²) in [4.78, 5) is 14.1. The molecule has 98 heavy (non-hydrogen) atoms. The van der Waals surface area contributed by atoms with Crippen molar-refractivity contribution in [3.05, 3.63) is 375 Å². The molecule has 2 unspecified atom stereocenters. The van der Waals surface area contributed by atoms with Crippen LogP contribution in [0.1, 0.15) is 0 Å². The van der Waals surface area contributed by atoms with Crippen LogP contribution in [0.15, 0.2) is 390 Å². The van der Waals surface area contributed by atoms with Gasteiger partial charge in [-0.15, -0.1) is 11.8 Å². The van der Waals surface area contributed by atoms with Gasteiger partial charge in [-0.25, -0.2) is 0 Å². The molecule has 0 spiro atoms. The van der Waals surface area contributed by atoms with Gasteiger partial charge in [0.2, 0.25) is 13.4 Å². The summed E-state index contributed by atoms with van der Waals surface area (Å²) in [5, 5.41) is -0.00463. The number of allylic oxidation sites excluding steroid dienone is 2. The molecule has 0 amide bonds. The molecule has 14 aromatic carbocycles. The van der Waals surface area contributed by atoms with Crippen molar-refractivity contribution in [3.8, 4) is 44.5 Å². The van der Waals surface area contributed by atoms with Crippen molar-refractivity contribution in [2.24, 2.45) is 0 Å². The van der Waals surface area contributed by atoms with E-state index in [-0.39, 0.29) is 24.5 Å². The van der Waals surface area contributed by atoms with Gasteiger partial charge in [0.15, 0.2) is 0 Å². The van der Waals surface area contributed by atoms with Gasteiger partial charge in [-0.2, -0.15) is 0 Å². The van der Waals surface area contributed by atoms with E-state index < -0.39 is 0 Å². The monoisotopic (exact) mass is 1280 g/mol. The van der Waals surface area contributed by atoms with Crippen molar-refractivity contribution >= 4 is 121 Å². The van der Waals surface area contributed by atoms with Gasteiger partial charge >= 0.3 is 0 Å². The third-order valence-electron chi connectivity index (χ3n) is 20.3. The number of fused-ring (bicyclic) bond motifs is 8. The summed E-state index contributed by atoms with van der Waals surface area (Å²) >= 11 is 3.95. The summed E-state index contributed by atoms with van der Waals surface area (Å²) in [5.74, 6) is 0.0628. The molecule has 4 aliphatic heterocycles. The van der Waals surface area contributed by atoms with Gasteiger partial charge in [0.25, 0.3) is 0 Å². The Morgan fingerprint density at radius 2 is 0.796 bits per heavy atom. The Hall–Kier alpha value is -11.4. The highest BCUT2D eigenvalue weighted by molar-refractivity contribution is 8.00. The Labute approximate surface area is 582 Å². The van der Waals surface area contributed by atoms with Crippen molar-refractivity contribution in [2.75, 3.05) is 19.6 Å². The van der Waals surface area contributed by atoms with Crippen LogP contribution < -0.4 is 41.5 Å². The number of para-hydroxylation sites is 6. The summed E-state index contributed by atoms with van der Waals surface area (Å²) in [5.41, 5.74) is 29.8. The first-order chi connectivity index (χ1) is 48.6. The van der Waals surface area contributed by atoms with Crippen LogP contribution in [0, 0.1) is 0 Å². The number of rotatable bonds is 12. The predicted octanol–water partition coefficient (Wildman–Crippen LogP) is 21.8. The number of nitrogens with zero attached hydrogens (tertiary/aromatic N) is 4. The largest absolute Gasteiger partial charge is 0.311 e. The maximum atomic E-state index is 2.78. The molecule has 1 aliphatic carbocycles. The fourth-order valence-electron chi connectivity index (χ4n) is 16.1. The van der Waals surface area contributed by atoms with Gasteiger partial charge in [-0.1, -0.05) is 284 Å². The maximum Gasteiger partial charge on any atom is 0.249 e. The van der Waals surface area contributed by atoms with E-state index in [4.69, 9.17) is 0 Å². The second-order valence-electron chi connectivity index (χ2n) is 25.8. The summed E-state index contributed by atoms with van der Waals surface area (Å²) in [6.45, 7) is -0.0657. The van der Waals surface area contributed by atoms with Crippen LogP contribution in [0.25, 0.3) is 44.5 Å². The number of thioether (sulfide) groups is 1. The zero-order chi connectivity index (χ0) is 64.6. The number of anilines is 11. The van der Waals surface area contributed by atoms with Crippen molar-refractivity contribution in [1.29, 1.82) is 0 Å². The van der Waals surface area contributed by atoms with Crippen LogP contribution in [0.5, 0.6) is 0 Å². The minimum Gasteiger partial charge on any atom is -0.311 e. The maximum absolute atomic E-state index is 2.78. The molecule has 19 rings (SSSR count). The summed E-state index contributed by atoms with van der Waals surface area (Å²) in [6, 6.07) is 130. The van der Waals surface area contributed by atoms with Crippen LogP contribution >= 0.6 is 23.5 Å². The molecule has 4 heterocycles. The van der Waals surface area contributed by atoms with Crippen molar-refractivity contribution in [2.45, 2.75) is 25.8 Å². The van der Waals surface area contributed by atoms with E-state index in [9.17, 15) is 0 Å². The highest BCUT2D eigenvalue weighted by Gasteiger charge is 2.52. The second kappa shape index (κ2) is 24.4. The number of hydrogen-bond donors (Lipinski definition) is 0. The van der Waals surface area contributed by atoms with E-state index >= 15 is 0 Å². The SMILES string of the molecule is C1=C2B3c4ccccc4Sc4cc(N(c5ccccc5)c5ccccc5)cc(c43)N(c3c(-c4ccccc4)cccc3-c3ccccc3)C2=CC2Sc3cc(N(c4ccc(-c5ccccc5)cc4)c4ccccc4-c4ccccc4)cc4c3B(c3ccccc3N4c3ccccc3)C12. The average Bonchev–Trinajstić information content (AvgIpc) is 0.692. The van der Waals surface area contributed by atoms with E-state index in [2.05, 4.69) is 384 Å². The van der Waals surface area contributed by atoms with Crippen molar-refractivity contribution < 1.29 is 0 Å². The number of hydrogen-bond acceptors (Lipinski definition) is 6. The van der Waals surface area contributed by atoms with Crippen molar-refractivity contribution in [1.82, 2.24) is 0 Å². The molecular formula is C90H62B2N4S2. The van der Waals surface area contributed by atoms with Gasteiger partial charge in [0, 0.05) is 93.5 Å². The Balaban J connectivity index is 0.888. The Bertz CT molecular complexity index is 5330. The lowest BCUT2D eigenvalue weighted by Crippen LogP contribution is -2.59. The summed E-state index contributed by atoms with van der Waals surface area (Å²) in [6.07, 6.45) is 5.50. The van der Waals surface area contributed by atoms with Crippen LogP contribution in [-0.4, -0.2) is 18.7 Å². The lowest BCUT2D eigenvalue weighted by molar-refractivity contribution is 0.970. The van der Waals surface area contributed by atoms with E-state index in [1.54, 1.807) is 0 Å². The van der Waals surface area contributed by atoms with Gasteiger partial charge in [-0.05, 0) is 153 Å². The van der Waals surface area contributed by atoms with E-state index in [0.717, 1.165) is 67.8 Å². The highest BCUT2D eigenvalue weighted by atomic mass is 32.2. The van der Waals surface area contributed by atoms with Crippen LogP contribution in [-0.2, 0) is 0 Å². The van der Waals surface area contributed by atoms with Crippen LogP contribution in [0.2, 0.25) is 5.82 Å². The zero-order valence-corrected chi connectivity index (χ0v) is 55.2. The lowest BCUT2D eigenvalue weighted by Gasteiger charge is -2.49. The first kappa shape index (κ1) is 58.0. The molecule has 0 fully saturated rings. The Morgan fingerprint density at radius 3 is 1.44 bits per heavy atom. The van der Waals surface area contributed by atoms with Crippen LogP contribution in [0.4, 0.5) is 62.6 Å². The minimum absolute atomic E-state index is 0.00339. The third kappa shape index (κ3) is 9.80. The van der Waals surface area contributed by atoms with Gasteiger partial charge in [-0.3, -0.25) is 0 Å². The molecule has 0 N–H and O–H groups in total. The standard InChI is InChI=1S/C90H62B2N4S2/c1-8-29-61(30-9-1)62-51-53-69(54-52-62)94(79-48-25-22-43-72(79)63-31-10-2-11-32-63)71-56-82-88-87(58-71)98-85-60-81-77(59-78(85)91(88)75-46-23-26-49-80(75)95(82)68-41-20-7-21-42-68)92-76-47-24-27-50-84(76)97-86-57-70(93(66-37-16-5-17-38-66)67-39-18-6-19-40-67)55-83(89(86)92)96(81)90-73(64-33-12-3-13-34-64)44-28-45-74(90)65-35-14-4-15-36-65/h1-60,78,85H. The molecule has 4 nitrogen and oxygen atoms in total. The van der Waals surface area contributed by atoms with Gasteiger partial charge < -0.3 is 19.6 Å². The third-order valence-corrected chi connectivity index (χ3v) is 22.7. The first-order valence-electron chi connectivity index (χ1n) is 33.9. The smallest absolute Gasteiger partial charge is 0.249 e. The normalized spacial score (nSPS) is 15.1. The van der Waals surface area contributed by atoms with Crippen LogP contribution in [0.3, 0.4) is 0 Å². The summed E-state index contributed by atoms with van der Waals surface area (Å²) < 4.78 is 0. The zero-order valence-electron chi connectivity index (χ0n) is 53.6. The van der Waals surface area contributed by atoms with E-state index in [0.29, 0.717) is 0 Å². The molecule has 0 aromatic heterocycles. The Kier molecular flexibility index (Phi) is 14.4. The fourth-order valence-corrected chi connectivity index (χ4v) is 18.7. The van der Waals surface area contributed by atoms with E-state index in [1.807, 2.05) is 23.5 Å². The number of benzene rings is 14. The minimum atomic E-state index is -0.0691. The quantitative estimate of drug-likeness (QED) is 0.112. The Morgan fingerprint density at radius 1 is 0.316 bits per heavy atom. The average molecular weight is 1290 g/mol. The molecule has 5 aliphatic rings. The molecule has 0 radical (unpaired) electrons. The molecule has 8 heteroatoms. The van der Waals surface area contributed by atoms with Crippen molar-refractivity contribution in [3.63, 3.8) is 0 Å². The lowest BCUT2D eigenvalue weighted by atomic mass is 9.28. The molecule has 0 saturated heterocycles. The summed E-state index contributed by atoms with van der Waals surface area (Å²) in [7, 11) is 0. The van der Waals surface area contributed by atoms with Gasteiger partial charge in [0.1, 0.15) is 0 Å². The van der Waals surface area contributed by atoms with E-state index in [1.165, 1.54) is 87.0 Å². The highest BCUT2D eigenvalue weighted by Crippen LogP contribution is 2.57. The predicted molar refractivity (Wildman–Crippen MR) is 417 cm³/mol. The topological polar surface area (TPSA) is 13.0 Å².